The molecular weight excluding hydrogens is 536 g/mol. The third kappa shape index (κ3) is 6.15. The van der Waals surface area contributed by atoms with Crippen molar-refractivity contribution in [3.05, 3.63) is 107 Å². The van der Waals surface area contributed by atoms with Crippen LogP contribution in [0.15, 0.2) is 100 Å². The Morgan fingerprint density at radius 2 is 1.64 bits per heavy atom. The van der Waals surface area contributed by atoms with E-state index >= 15 is 0 Å². The van der Waals surface area contributed by atoms with Crippen molar-refractivity contribution < 1.29 is 13.2 Å². The lowest BCUT2D eigenvalue weighted by Gasteiger charge is -2.25. The fourth-order valence-electron chi connectivity index (χ4n) is 4.18. The molecule has 0 aromatic heterocycles. The van der Waals surface area contributed by atoms with Gasteiger partial charge in [0, 0.05) is 11.0 Å². The average Bonchev–Trinajstić information content (AvgIpc) is 2.86. The monoisotopic (exact) mass is 564 g/mol. The van der Waals surface area contributed by atoms with E-state index < -0.39 is 10.0 Å². The molecule has 1 atom stereocenters. The topological polar surface area (TPSA) is 66.5 Å². The number of anilines is 1. The molecule has 0 heterocycles. The fourth-order valence-corrected chi connectivity index (χ4v) is 5.98. The number of amides is 1. The van der Waals surface area contributed by atoms with Gasteiger partial charge in [0.15, 0.2) is 0 Å². The van der Waals surface area contributed by atoms with Crippen LogP contribution in [0.3, 0.4) is 0 Å². The predicted molar refractivity (Wildman–Crippen MR) is 150 cm³/mol. The standard InChI is InChI=1S/C29H29BrN2O3S/c1-21-13-15-27(16-14-21)36(34,35)32(26-11-6-10-25(30)18-26)20-29(33)31-19-22(2)17-24-9-5-8-23-7-3-4-12-28(23)24/h3-16,18,22H,17,19-20H2,1-2H3,(H,31,33). The van der Waals surface area contributed by atoms with Gasteiger partial charge >= 0.3 is 0 Å². The van der Waals surface area contributed by atoms with Crippen LogP contribution >= 0.6 is 15.9 Å². The van der Waals surface area contributed by atoms with Gasteiger partial charge in [0.2, 0.25) is 5.91 Å². The number of hydrogen-bond acceptors (Lipinski definition) is 3. The van der Waals surface area contributed by atoms with Crippen LogP contribution in [0.2, 0.25) is 0 Å². The molecular formula is C29H29BrN2O3S. The van der Waals surface area contributed by atoms with Crippen molar-refractivity contribution in [1.29, 1.82) is 0 Å². The van der Waals surface area contributed by atoms with Crippen molar-refractivity contribution >= 4 is 48.3 Å². The van der Waals surface area contributed by atoms with Crippen LogP contribution in [0, 0.1) is 12.8 Å². The van der Waals surface area contributed by atoms with Gasteiger partial charge in [-0.25, -0.2) is 8.42 Å². The lowest BCUT2D eigenvalue weighted by atomic mass is 9.96. The summed E-state index contributed by atoms with van der Waals surface area (Å²) in [5.41, 5.74) is 2.61. The summed E-state index contributed by atoms with van der Waals surface area (Å²) < 4.78 is 28.9. The summed E-state index contributed by atoms with van der Waals surface area (Å²) in [4.78, 5) is 13.1. The van der Waals surface area contributed by atoms with Crippen molar-refractivity contribution in [1.82, 2.24) is 5.32 Å². The first-order chi connectivity index (χ1) is 17.2. The molecule has 0 saturated carbocycles. The lowest BCUT2D eigenvalue weighted by Crippen LogP contribution is -2.42. The molecule has 4 rings (SSSR count). The van der Waals surface area contributed by atoms with Gasteiger partial charge in [0.1, 0.15) is 6.54 Å². The van der Waals surface area contributed by atoms with Gasteiger partial charge in [0.25, 0.3) is 10.0 Å². The van der Waals surface area contributed by atoms with Crippen LogP contribution in [-0.4, -0.2) is 27.4 Å². The summed E-state index contributed by atoms with van der Waals surface area (Å²) in [6.45, 7) is 4.11. The Kier molecular flexibility index (Phi) is 8.11. The Bertz CT molecular complexity index is 1460. The number of nitrogens with zero attached hydrogens (tertiary/aromatic N) is 1. The van der Waals surface area contributed by atoms with Crippen LogP contribution < -0.4 is 9.62 Å². The first-order valence-corrected chi connectivity index (χ1v) is 14.1. The molecule has 4 aromatic rings. The number of carbonyl (C=O) groups excluding carboxylic acids is 1. The number of aryl methyl sites for hydroxylation is 1. The van der Waals surface area contributed by atoms with Crippen LogP contribution in [0.5, 0.6) is 0 Å². The van der Waals surface area contributed by atoms with E-state index in [1.54, 1.807) is 42.5 Å². The minimum atomic E-state index is -3.94. The van der Waals surface area contributed by atoms with Crippen molar-refractivity contribution in [3.63, 3.8) is 0 Å². The van der Waals surface area contributed by atoms with Gasteiger partial charge in [0.05, 0.1) is 10.6 Å². The molecule has 186 valence electrons. The molecule has 7 heteroatoms. The Morgan fingerprint density at radius 1 is 0.944 bits per heavy atom. The highest BCUT2D eigenvalue weighted by Gasteiger charge is 2.27. The van der Waals surface area contributed by atoms with Gasteiger partial charge < -0.3 is 5.32 Å². The zero-order chi connectivity index (χ0) is 25.7. The second kappa shape index (κ2) is 11.3. The highest BCUT2D eigenvalue weighted by Crippen LogP contribution is 2.26. The van der Waals surface area contributed by atoms with Crippen molar-refractivity contribution in [2.45, 2.75) is 25.2 Å². The zero-order valence-electron chi connectivity index (χ0n) is 20.3. The SMILES string of the molecule is Cc1ccc(S(=O)(=O)N(CC(=O)NCC(C)Cc2cccc3ccccc23)c2cccc(Br)c2)cc1. The summed E-state index contributed by atoms with van der Waals surface area (Å²) in [5, 5.41) is 5.34. The zero-order valence-corrected chi connectivity index (χ0v) is 22.7. The smallest absolute Gasteiger partial charge is 0.264 e. The molecule has 0 fully saturated rings. The van der Waals surface area contributed by atoms with Crippen molar-refractivity contribution in [2.24, 2.45) is 5.92 Å². The van der Waals surface area contributed by atoms with E-state index in [9.17, 15) is 13.2 Å². The summed E-state index contributed by atoms with van der Waals surface area (Å²) in [5.74, 6) is -0.178. The second-order valence-electron chi connectivity index (χ2n) is 9.06. The van der Waals surface area contributed by atoms with E-state index in [0.717, 1.165) is 20.8 Å². The number of fused-ring (bicyclic) bond motifs is 1. The highest BCUT2D eigenvalue weighted by molar-refractivity contribution is 9.10. The van der Waals surface area contributed by atoms with E-state index in [1.165, 1.54) is 16.3 Å². The fraction of sp³-hybridized carbons (Fsp3) is 0.207. The molecule has 0 bridgehead atoms. The molecule has 4 aromatic carbocycles. The third-order valence-corrected chi connectivity index (χ3v) is 8.37. The first kappa shape index (κ1) is 25.9. The molecule has 0 spiro atoms. The van der Waals surface area contributed by atoms with Gasteiger partial charge in [-0.05, 0) is 65.9 Å². The molecule has 0 radical (unpaired) electrons. The number of benzene rings is 4. The van der Waals surface area contributed by atoms with Crippen LogP contribution in [-0.2, 0) is 21.2 Å². The minimum Gasteiger partial charge on any atom is -0.354 e. The maximum atomic E-state index is 13.5. The number of hydrogen-bond donors (Lipinski definition) is 1. The number of sulfonamides is 1. The molecule has 0 aliphatic carbocycles. The van der Waals surface area contributed by atoms with Gasteiger partial charge in [-0.2, -0.15) is 0 Å². The van der Waals surface area contributed by atoms with E-state index in [0.29, 0.717) is 12.2 Å². The Morgan fingerprint density at radius 3 is 2.39 bits per heavy atom. The molecule has 36 heavy (non-hydrogen) atoms. The minimum absolute atomic E-state index is 0.144. The Hall–Kier alpha value is -3.16. The molecule has 1 amide bonds. The molecule has 0 aliphatic rings. The molecule has 1 unspecified atom stereocenters. The molecule has 5 nitrogen and oxygen atoms in total. The van der Waals surface area contributed by atoms with Crippen LogP contribution in [0.25, 0.3) is 10.8 Å². The third-order valence-electron chi connectivity index (χ3n) is 6.09. The number of halogens is 1. The van der Waals surface area contributed by atoms with E-state index in [2.05, 4.69) is 58.5 Å². The Balaban J connectivity index is 1.48. The first-order valence-electron chi connectivity index (χ1n) is 11.8. The van der Waals surface area contributed by atoms with E-state index in [4.69, 9.17) is 0 Å². The molecule has 0 saturated heterocycles. The molecule has 0 aliphatic heterocycles. The predicted octanol–water partition coefficient (Wildman–Crippen LogP) is 6.10. The summed E-state index contributed by atoms with van der Waals surface area (Å²) in [7, 11) is -3.94. The quantitative estimate of drug-likeness (QED) is 0.267. The largest absolute Gasteiger partial charge is 0.354 e. The maximum absolute atomic E-state index is 13.5. The summed E-state index contributed by atoms with van der Waals surface area (Å²) in [6, 6.07) is 28.1. The maximum Gasteiger partial charge on any atom is 0.264 e. The van der Waals surface area contributed by atoms with Crippen LogP contribution in [0.4, 0.5) is 5.69 Å². The van der Waals surface area contributed by atoms with Gasteiger partial charge in [-0.3, -0.25) is 9.10 Å². The average molecular weight is 566 g/mol. The summed E-state index contributed by atoms with van der Waals surface area (Å²) in [6.07, 6.45) is 0.804. The normalized spacial score (nSPS) is 12.3. The molecule has 1 N–H and O–H groups in total. The van der Waals surface area contributed by atoms with Gasteiger partial charge in [-0.1, -0.05) is 89.1 Å². The second-order valence-corrected chi connectivity index (χ2v) is 11.8. The highest BCUT2D eigenvalue weighted by atomic mass is 79.9. The Labute approximate surface area is 221 Å². The van der Waals surface area contributed by atoms with Gasteiger partial charge in [-0.15, -0.1) is 0 Å². The summed E-state index contributed by atoms with van der Waals surface area (Å²) >= 11 is 3.41. The lowest BCUT2D eigenvalue weighted by molar-refractivity contribution is -0.119. The number of rotatable bonds is 9. The number of nitrogens with one attached hydrogen (secondary N) is 1. The number of carbonyl (C=O) groups is 1. The van der Waals surface area contributed by atoms with E-state index in [1.807, 2.05) is 25.1 Å². The van der Waals surface area contributed by atoms with Crippen molar-refractivity contribution in [3.8, 4) is 0 Å². The van der Waals surface area contributed by atoms with Crippen LogP contribution in [0.1, 0.15) is 18.1 Å². The van der Waals surface area contributed by atoms with E-state index in [-0.39, 0.29) is 23.3 Å². The van der Waals surface area contributed by atoms with Crippen molar-refractivity contribution in [2.75, 3.05) is 17.4 Å².